The van der Waals surface area contributed by atoms with Crippen LogP contribution in [0.2, 0.25) is 0 Å². The third-order valence-corrected chi connectivity index (χ3v) is 1.33. The number of ether oxygens (including phenoxy) is 2. The number of hydrogen-bond donors (Lipinski definition) is 2. The van der Waals surface area contributed by atoms with Crippen LogP contribution in [0.15, 0.2) is 6.33 Å². The Morgan fingerprint density at radius 1 is 1.46 bits per heavy atom. The maximum atomic E-state index is 8.50. The minimum Gasteiger partial charge on any atom is -0.479 e. The van der Waals surface area contributed by atoms with E-state index in [1.165, 1.54) is 13.4 Å². The van der Waals surface area contributed by atoms with Gasteiger partial charge in [0.05, 0.1) is 13.7 Å². The Balaban J connectivity index is 2.81. The normalized spacial score (nSPS) is 9.69. The van der Waals surface area contributed by atoms with E-state index in [0.717, 1.165) is 0 Å². The van der Waals surface area contributed by atoms with Crippen molar-refractivity contribution in [2.75, 3.05) is 26.1 Å². The number of methoxy groups -OCH3 is 1. The van der Waals surface area contributed by atoms with Gasteiger partial charge in [0.2, 0.25) is 11.8 Å². The van der Waals surface area contributed by atoms with Gasteiger partial charge < -0.3 is 20.3 Å². The Bertz CT molecular complexity index is 280. The zero-order valence-corrected chi connectivity index (χ0v) is 7.23. The van der Waals surface area contributed by atoms with E-state index in [2.05, 4.69) is 9.97 Å². The largest absolute Gasteiger partial charge is 0.479 e. The molecule has 0 atom stereocenters. The summed E-state index contributed by atoms with van der Waals surface area (Å²) in [5, 5.41) is 8.50. The number of nitrogens with zero attached hydrogens (tertiary/aromatic N) is 2. The molecule has 1 aromatic heterocycles. The summed E-state index contributed by atoms with van der Waals surface area (Å²) in [5.74, 6) is 0.490. The number of anilines is 1. The van der Waals surface area contributed by atoms with Crippen molar-refractivity contribution in [3.63, 3.8) is 0 Å². The molecule has 1 heterocycles. The third kappa shape index (κ3) is 2.19. The van der Waals surface area contributed by atoms with E-state index in [-0.39, 0.29) is 30.7 Å². The van der Waals surface area contributed by atoms with Crippen LogP contribution in [0.25, 0.3) is 0 Å². The van der Waals surface area contributed by atoms with Gasteiger partial charge >= 0.3 is 0 Å². The van der Waals surface area contributed by atoms with Crippen LogP contribution in [-0.4, -0.2) is 35.4 Å². The number of aromatic nitrogens is 2. The van der Waals surface area contributed by atoms with Crippen LogP contribution in [0.3, 0.4) is 0 Å². The first-order valence-corrected chi connectivity index (χ1v) is 3.67. The number of aliphatic hydroxyl groups excluding tert-OH is 1. The Morgan fingerprint density at radius 3 is 2.77 bits per heavy atom. The molecular formula is C7H11N3O3. The topological polar surface area (TPSA) is 90.5 Å². The Kier molecular flexibility index (Phi) is 3.27. The van der Waals surface area contributed by atoms with Crippen LogP contribution in [0.5, 0.6) is 11.8 Å². The van der Waals surface area contributed by atoms with Crippen molar-refractivity contribution in [2.24, 2.45) is 0 Å². The van der Waals surface area contributed by atoms with Crippen LogP contribution in [0.1, 0.15) is 0 Å². The number of nitrogens with two attached hydrogens (primary N) is 1. The average molecular weight is 185 g/mol. The predicted octanol–water partition coefficient (Wildman–Crippen LogP) is -0.562. The number of nitrogen functional groups attached to an aromatic ring is 1. The first-order valence-electron chi connectivity index (χ1n) is 3.67. The Hall–Kier alpha value is -1.56. The summed E-state index contributed by atoms with van der Waals surface area (Å²) in [6.07, 6.45) is 1.28. The lowest BCUT2D eigenvalue weighted by Gasteiger charge is -2.07. The monoisotopic (exact) mass is 185 g/mol. The molecule has 0 aliphatic carbocycles. The maximum Gasteiger partial charge on any atom is 0.244 e. The molecule has 0 amide bonds. The van der Waals surface area contributed by atoms with Crippen LogP contribution in [0.4, 0.5) is 5.69 Å². The molecule has 0 saturated carbocycles. The first-order chi connectivity index (χ1) is 6.29. The van der Waals surface area contributed by atoms with Crippen molar-refractivity contribution in [2.45, 2.75) is 0 Å². The van der Waals surface area contributed by atoms with Crippen molar-refractivity contribution in [1.29, 1.82) is 0 Å². The minimum atomic E-state index is -0.0915. The van der Waals surface area contributed by atoms with Gasteiger partial charge in [-0.25, -0.2) is 0 Å². The molecule has 6 nitrogen and oxygen atoms in total. The molecule has 1 rings (SSSR count). The molecule has 0 aromatic carbocycles. The molecule has 72 valence electrons. The van der Waals surface area contributed by atoms with E-state index >= 15 is 0 Å². The van der Waals surface area contributed by atoms with Gasteiger partial charge in [-0.3, -0.25) is 0 Å². The van der Waals surface area contributed by atoms with E-state index in [4.69, 9.17) is 20.3 Å². The Labute approximate surface area is 75.3 Å². The molecule has 1 aromatic rings. The van der Waals surface area contributed by atoms with Gasteiger partial charge in [0.15, 0.2) is 5.69 Å². The molecule has 0 aliphatic heterocycles. The molecule has 0 aliphatic rings. The average Bonchev–Trinajstić information content (AvgIpc) is 2.16. The van der Waals surface area contributed by atoms with E-state index < -0.39 is 0 Å². The smallest absolute Gasteiger partial charge is 0.244 e. The molecule has 0 unspecified atom stereocenters. The predicted molar refractivity (Wildman–Crippen MR) is 45.6 cm³/mol. The zero-order valence-electron chi connectivity index (χ0n) is 7.23. The highest BCUT2D eigenvalue weighted by Crippen LogP contribution is 2.25. The number of hydrogen-bond acceptors (Lipinski definition) is 6. The zero-order chi connectivity index (χ0) is 9.68. The highest BCUT2D eigenvalue weighted by atomic mass is 16.5. The van der Waals surface area contributed by atoms with Gasteiger partial charge in [0, 0.05) is 0 Å². The van der Waals surface area contributed by atoms with Gasteiger partial charge in [-0.15, -0.1) is 0 Å². The first kappa shape index (κ1) is 9.53. The second-order valence-electron chi connectivity index (χ2n) is 2.17. The molecule has 0 spiro atoms. The lowest BCUT2D eigenvalue weighted by molar-refractivity contribution is 0.196. The second kappa shape index (κ2) is 4.46. The summed E-state index contributed by atoms with van der Waals surface area (Å²) < 4.78 is 9.87. The van der Waals surface area contributed by atoms with Crippen molar-refractivity contribution in [1.82, 2.24) is 9.97 Å². The summed E-state index contributed by atoms with van der Waals surface area (Å²) >= 11 is 0. The molecular weight excluding hydrogens is 174 g/mol. The van der Waals surface area contributed by atoms with Gasteiger partial charge in [-0.2, -0.15) is 9.97 Å². The fraction of sp³-hybridized carbons (Fsp3) is 0.429. The van der Waals surface area contributed by atoms with Gasteiger partial charge in [-0.05, 0) is 0 Å². The van der Waals surface area contributed by atoms with Crippen molar-refractivity contribution in [3.8, 4) is 11.8 Å². The molecule has 0 saturated heterocycles. The van der Waals surface area contributed by atoms with Crippen molar-refractivity contribution in [3.05, 3.63) is 6.33 Å². The van der Waals surface area contributed by atoms with E-state index in [1.54, 1.807) is 0 Å². The SMILES string of the molecule is COc1ncnc(OCCO)c1N. The van der Waals surface area contributed by atoms with Gasteiger partial charge in [0.25, 0.3) is 0 Å². The van der Waals surface area contributed by atoms with Crippen LogP contribution >= 0.6 is 0 Å². The summed E-state index contributed by atoms with van der Waals surface area (Å²) in [7, 11) is 1.45. The van der Waals surface area contributed by atoms with Crippen LogP contribution < -0.4 is 15.2 Å². The highest BCUT2D eigenvalue weighted by molar-refractivity contribution is 5.55. The lowest BCUT2D eigenvalue weighted by atomic mass is 10.5. The number of rotatable bonds is 4. The summed E-state index contributed by atoms with van der Waals surface area (Å²) in [6.45, 7) is 0.0517. The summed E-state index contributed by atoms with van der Waals surface area (Å²) in [4.78, 5) is 7.54. The maximum absolute atomic E-state index is 8.50. The molecule has 3 N–H and O–H groups in total. The quantitative estimate of drug-likeness (QED) is 0.653. The minimum absolute atomic E-state index is 0.0915. The van der Waals surface area contributed by atoms with E-state index in [1.807, 2.05) is 0 Å². The van der Waals surface area contributed by atoms with Gasteiger partial charge in [0.1, 0.15) is 12.9 Å². The molecule has 6 heteroatoms. The standard InChI is InChI=1S/C7H11N3O3/c1-12-6-5(8)7(10-4-9-6)13-3-2-11/h4,11H,2-3,8H2,1H3. The summed E-state index contributed by atoms with van der Waals surface area (Å²) in [5.41, 5.74) is 5.81. The second-order valence-corrected chi connectivity index (χ2v) is 2.17. The van der Waals surface area contributed by atoms with Crippen molar-refractivity contribution >= 4 is 5.69 Å². The fourth-order valence-electron chi connectivity index (χ4n) is 0.784. The lowest BCUT2D eigenvalue weighted by Crippen LogP contribution is -2.07. The van der Waals surface area contributed by atoms with E-state index in [0.29, 0.717) is 0 Å². The molecule has 13 heavy (non-hydrogen) atoms. The molecule has 0 radical (unpaired) electrons. The summed E-state index contributed by atoms with van der Waals surface area (Å²) in [6, 6.07) is 0. The van der Waals surface area contributed by atoms with Crippen LogP contribution in [0, 0.1) is 0 Å². The fourth-order valence-corrected chi connectivity index (χ4v) is 0.784. The van der Waals surface area contributed by atoms with Crippen LogP contribution in [-0.2, 0) is 0 Å². The molecule has 0 bridgehead atoms. The van der Waals surface area contributed by atoms with Gasteiger partial charge in [-0.1, -0.05) is 0 Å². The highest BCUT2D eigenvalue weighted by Gasteiger charge is 2.08. The third-order valence-electron chi connectivity index (χ3n) is 1.33. The molecule has 0 fully saturated rings. The van der Waals surface area contributed by atoms with E-state index in [9.17, 15) is 0 Å². The number of aliphatic hydroxyl groups is 1. The van der Waals surface area contributed by atoms with Crippen molar-refractivity contribution < 1.29 is 14.6 Å². The Morgan fingerprint density at radius 2 is 2.15 bits per heavy atom.